The molecule has 30 heavy (non-hydrogen) atoms. The van der Waals surface area contributed by atoms with E-state index in [1.165, 1.54) is 0 Å². The van der Waals surface area contributed by atoms with Crippen LogP contribution in [-0.2, 0) is 16.0 Å². The molecule has 0 fully saturated rings. The van der Waals surface area contributed by atoms with Crippen LogP contribution in [-0.4, -0.2) is 29.4 Å². The number of aryl methyl sites for hydroxylation is 1. The number of carboxylic acids is 1. The smallest absolute Gasteiger partial charge is 0.339 e. The molecule has 0 unspecified atom stereocenters. The lowest BCUT2D eigenvalue weighted by Gasteiger charge is -2.07. The lowest BCUT2D eigenvalue weighted by molar-refractivity contribution is -0.121. The van der Waals surface area contributed by atoms with E-state index >= 15 is 0 Å². The maximum atomic E-state index is 12.2. The topological polar surface area (TPSA) is 109 Å². The van der Waals surface area contributed by atoms with Crippen molar-refractivity contribution in [1.82, 2.24) is 5.32 Å². The fourth-order valence-corrected chi connectivity index (χ4v) is 3.89. The Labute approximate surface area is 181 Å². The average Bonchev–Trinajstić information content (AvgIpc) is 3.37. The number of carbonyl (C=O) groups excluding carboxylic acids is 2. The number of rotatable bonds is 9. The van der Waals surface area contributed by atoms with E-state index in [9.17, 15) is 19.5 Å². The highest BCUT2D eigenvalue weighted by atomic mass is 35.5. The average molecular weight is 447 g/mol. The van der Waals surface area contributed by atoms with Crippen molar-refractivity contribution in [2.24, 2.45) is 0 Å². The zero-order valence-corrected chi connectivity index (χ0v) is 17.4. The number of halogens is 1. The van der Waals surface area contributed by atoms with Crippen LogP contribution in [0.4, 0.5) is 5.00 Å². The zero-order valence-electron chi connectivity index (χ0n) is 15.8. The molecule has 0 spiro atoms. The van der Waals surface area contributed by atoms with Crippen molar-refractivity contribution in [3.05, 3.63) is 64.4 Å². The van der Waals surface area contributed by atoms with Gasteiger partial charge >= 0.3 is 5.97 Å². The van der Waals surface area contributed by atoms with Crippen LogP contribution in [0, 0.1) is 0 Å². The third-order valence-corrected chi connectivity index (χ3v) is 5.41. The fraction of sp³-hybridized carbons (Fsp3) is 0.190. The van der Waals surface area contributed by atoms with E-state index < -0.39 is 5.97 Å². The molecular weight excluding hydrogens is 428 g/mol. The van der Waals surface area contributed by atoms with Gasteiger partial charge in [0.1, 0.15) is 16.3 Å². The van der Waals surface area contributed by atoms with Crippen molar-refractivity contribution < 1.29 is 23.9 Å². The normalized spacial score (nSPS) is 10.6. The summed E-state index contributed by atoms with van der Waals surface area (Å²) >= 11 is 7.02. The van der Waals surface area contributed by atoms with Gasteiger partial charge in [-0.3, -0.25) is 9.59 Å². The highest BCUT2D eigenvalue weighted by molar-refractivity contribution is 7.15. The molecule has 0 aliphatic carbocycles. The standard InChI is InChI=1S/C21H19ClN2O5S/c22-14-5-3-13(4-6-14)16-12-30-20(19(16)21(27)28)24-18(26)9-10-23-17(25)8-7-15-2-1-11-29-15/h1-6,11-12H,7-10H2,(H,23,25)(H,24,26)(H,27,28). The Hall–Kier alpha value is -3.10. The minimum absolute atomic E-state index is 0.0261. The summed E-state index contributed by atoms with van der Waals surface area (Å²) in [4.78, 5) is 35.8. The van der Waals surface area contributed by atoms with Gasteiger partial charge in [-0.2, -0.15) is 0 Å². The first kappa shape index (κ1) is 21.6. The van der Waals surface area contributed by atoms with Crippen molar-refractivity contribution in [2.45, 2.75) is 19.3 Å². The summed E-state index contributed by atoms with van der Waals surface area (Å²) in [6.45, 7) is 0.153. The molecule has 1 aromatic carbocycles. The first-order valence-electron chi connectivity index (χ1n) is 9.13. The minimum atomic E-state index is -1.14. The van der Waals surface area contributed by atoms with Gasteiger partial charge in [0.2, 0.25) is 11.8 Å². The van der Waals surface area contributed by atoms with Crippen molar-refractivity contribution in [1.29, 1.82) is 0 Å². The van der Waals surface area contributed by atoms with Crippen molar-refractivity contribution in [3.63, 3.8) is 0 Å². The van der Waals surface area contributed by atoms with Crippen LogP contribution < -0.4 is 10.6 Å². The van der Waals surface area contributed by atoms with Crippen LogP contribution in [0.25, 0.3) is 11.1 Å². The Morgan fingerprint density at radius 2 is 1.83 bits per heavy atom. The molecule has 2 heterocycles. The maximum Gasteiger partial charge on any atom is 0.339 e. The molecule has 0 aliphatic rings. The van der Waals surface area contributed by atoms with Crippen molar-refractivity contribution in [2.75, 3.05) is 11.9 Å². The lowest BCUT2D eigenvalue weighted by atomic mass is 10.0. The molecule has 3 rings (SSSR count). The number of amides is 2. The molecule has 0 bridgehead atoms. The SMILES string of the molecule is O=C(CCc1ccco1)NCCC(=O)Nc1scc(-c2ccc(Cl)cc2)c1C(=O)O. The second kappa shape index (κ2) is 10.1. The van der Waals surface area contributed by atoms with Crippen LogP contribution in [0.2, 0.25) is 5.02 Å². The summed E-state index contributed by atoms with van der Waals surface area (Å²) in [5.41, 5.74) is 1.22. The van der Waals surface area contributed by atoms with Gasteiger partial charge in [-0.05, 0) is 29.8 Å². The van der Waals surface area contributed by atoms with E-state index in [0.29, 0.717) is 22.6 Å². The second-order valence-electron chi connectivity index (χ2n) is 6.39. The molecule has 3 N–H and O–H groups in total. The monoisotopic (exact) mass is 446 g/mol. The fourth-order valence-electron chi connectivity index (χ4n) is 2.79. The number of hydrogen-bond acceptors (Lipinski definition) is 5. The summed E-state index contributed by atoms with van der Waals surface area (Å²) < 4.78 is 5.17. The third kappa shape index (κ3) is 5.71. The van der Waals surface area contributed by atoms with Crippen LogP contribution in [0.1, 0.15) is 29.0 Å². The number of hydrogen-bond donors (Lipinski definition) is 3. The highest BCUT2D eigenvalue weighted by Gasteiger charge is 2.21. The summed E-state index contributed by atoms with van der Waals surface area (Å²) in [6, 6.07) is 10.3. The van der Waals surface area contributed by atoms with Gasteiger partial charge in [0.25, 0.3) is 0 Å². The number of thiophene rings is 1. The molecule has 0 saturated heterocycles. The predicted molar refractivity (Wildman–Crippen MR) is 115 cm³/mol. The van der Waals surface area contributed by atoms with Crippen LogP contribution in [0.5, 0.6) is 0 Å². The molecule has 3 aromatic rings. The third-order valence-electron chi connectivity index (χ3n) is 4.27. The van der Waals surface area contributed by atoms with Gasteiger partial charge in [0.05, 0.1) is 6.26 Å². The Bertz CT molecular complexity index is 1030. The maximum absolute atomic E-state index is 12.2. The van der Waals surface area contributed by atoms with E-state index in [1.807, 2.05) is 0 Å². The van der Waals surface area contributed by atoms with Gasteiger partial charge < -0.3 is 20.2 Å². The molecule has 0 radical (unpaired) electrons. The van der Waals surface area contributed by atoms with E-state index in [-0.39, 0.29) is 41.8 Å². The van der Waals surface area contributed by atoms with Gasteiger partial charge in [0.15, 0.2) is 0 Å². The number of furan rings is 1. The highest BCUT2D eigenvalue weighted by Crippen LogP contribution is 2.36. The zero-order chi connectivity index (χ0) is 21.5. The van der Waals surface area contributed by atoms with E-state index in [1.54, 1.807) is 48.0 Å². The molecular formula is C21H19ClN2O5S. The Kier molecular flexibility index (Phi) is 7.26. The van der Waals surface area contributed by atoms with Crippen LogP contribution >= 0.6 is 22.9 Å². The van der Waals surface area contributed by atoms with E-state index in [2.05, 4.69) is 10.6 Å². The predicted octanol–water partition coefficient (Wildman–Crippen LogP) is 4.44. The molecule has 2 aromatic heterocycles. The number of carboxylic acid groups (broad SMARTS) is 1. The molecule has 0 atom stereocenters. The Morgan fingerprint density at radius 3 is 2.50 bits per heavy atom. The molecule has 7 nitrogen and oxygen atoms in total. The van der Waals surface area contributed by atoms with Crippen molar-refractivity contribution >= 4 is 45.7 Å². The second-order valence-corrected chi connectivity index (χ2v) is 7.71. The van der Waals surface area contributed by atoms with Crippen molar-refractivity contribution in [3.8, 4) is 11.1 Å². The van der Waals surface area contributed by atoms with E-state index in [4.69, 9.17) is 16.0 Å². The quantitative estimate of drug-likeness (QED) is 0.450. The molecule has 0 aliphatic heterocycles. The van der Waals surface area contributed by atoms with Crippen LogP contribution in [0.15, 0.2) is 52.5 Å². The Balaban J connectivity index is 1.54. The first-order valence-corrected chi connectivity index (χ1v) is 10.4. The summed E-state index contributed by atoms with van der Waals surface area (Å²) in [5.74, 6) is -0.985. The first-order chi connectivity index (χ1) is 14.4. The number of anilines is 1. The molecule has 2 amide bonds. The molecule has 0 saturated carbocycles. The Morgan fingerprint density at radius 1 is 1.07 bits per heavy atom. The lowest BCUT2D eigenvalue weighted by Crippen LogP contribution is -2.27. The van der Waals surface area contributed by atoms with Gasteiger partial charge in [-0.15, -0.1) is 11.3 Å². The summed E-state index contributed by atoms with van der Waals surface area (Å²) in [7, 11) is 0. The van der Waals surface area contributed by atoms with Gasteiger partial charge in [-0.1, -0.05) is 23.7 Å². The number of carbonyl (C=O) groups is 3. The number of nitrogens with one attached hydrogen (secondary N) is 2. The summed E-state index contributed by atoms with van der Waals surface area (Å²) in [5, 5.41) is 17.4. The number of benzene rings is 1. The molecule has 156 valence electrons. The largest absolute Gasteiger partial charge is 0.478 e. The van der Waals surface area contributed by atoms with E-state index in [0.717, 1.165) is 17.1 Å². The van der Waals surface area contributed by atoms with Gasteiger partial charge in [0, 0.05) is 41.8 Å². The summed E-state index contributed by atoms with van der Waals surface area (Å²) in [6.07, 6.45) is 2.31. The minimum Gasteiger partial charge on any atom is -0.478 e. The number of aromatic carboxylic acids is 1. The van der Waals surface area contributed by atoms with Gasteiger partial charge in [-0.25, -0.2) is 4.79 Å². The van der Waals surface area contributed by atoms with Crippen LogP contribution in [0.3, 0.4) is 0 Å². The molecule has 9 heteroatoms.